The highest BCUT2D eigenvalue weighted by Crippen LogP contribution is 2.40. The molecule has 5 atom stereocenters. The molecule has 2 aromatic heterocycles. The van der Waals surface area contributed by atoms with Crippen molar-refractivity contribution in [2.75, 3.05) is 11.9 Å². The fraction of sp³-hybridized carbons (Fsp3) is 0.467. The predicted octanol–water partition coefficient (Wildman–Crippen LogP) is 4.99. The number of ketones is 1. The Morgan fingerprint density at radius 1 is 1.29 bits per heavy atom. The largest absolute Gasteiger partial charge is 0.461 e. The zero-order chi connectivity index (χ0) is 30.0. The zero-order valence-corrected chi connectivity index (χ0v) is 25.8. The third kappa shape index (κ3) is 6.71. The van der Waals surface area contributed by atoms with Gasteiger partial charge in [0.25, 0.3) is 0 Å². The highest BCUT2D eigenvalue weighted by Gasteiger charge is 2.37. The smallest absolute Gasteiger partial charge is 0.374 e. The predicted molar refractivity (Wildman–Crippen MR) is 164 cm³/mol. The number of rotatable bonds is 10. The molecule has 222 valence electrons. The van der Waals surface area contributed by atoms with Gasteiger partial charge in [0.05, 0.1) is 23.1 Å². The van der Waals surface area contributed by atoms with E-state index in [2.05, 4.69) is 27.4 Å². The molecule has 2 aliphatic rings. The second kappa shape index (κ2) is 13.2. The summed E-state index contributed by atoms with van der Waals surface area (Å²) in [6, 6.07) is 7.16. The number of carbonyl (C=O) groups excluding carboxylic acids is 2. The fourth-order valence-electron chi connectivity index (χ4n) is 5.94. The molecule has 1 aromatic carbocycles. The summed E-state index contributed by atoms with van der Waals surface area (Å²) < 4.78 is 12.0. The van der Waals surface area contributed by atoms with Crippen LogP contribution < -0.4 is 10.5 Å². The van der Waals surface area contributed by atoms with E-state index < -0.39 is 19.1 Å². The average Bonchev–Trinajstić information content (AvgIpc) is 3.54. The third-order valence-electron chi connectivity index (χ3n) is 8.07. The second-order valence-corrected chi connectivity index (χ2v) is 12.8. The summed E-state index contributed by atoms with van der Waals surface area (Å²) in [5.41, 5.74) is 3.60. The minimum absolute atomic E-state index is 0.0354. The van der Waals surface area contributed by atoms with Crippen molar-refractivity contribution < 1.29 is 24.1 Å². The topological polar surface area (TPSA) is 123 Å². The lowest BCUT2D eigenvalue weighted by molar-refractivity contribution is -0.152. The van der Waals surface area contributed by atoms with Crippen molar-refractivity contribution in [3.8, 4) is 0 Å². The highest BCUT2D eigenvalue weighted by atomic mass is 35.5. The van der Waals surface area contributed by atoms with E-state index >= 15 is 0 Å². The van der Waals surface area contributed by atoms with Crippen LogP contribution in [0.2, 0.25) is 11.8 Å². The number of ether oxygens (including phenoxy) is 2. The van der Waals surface area contributed by atoms with Crippen molar-refractivity contribution in [3.05, 3.63) is 73.8 Å². The van der Waals surface area contributed by atoms with E-state index in [1.54, 1.807) is 19.9 Å². The molecule has 1 aliphatic carbocycles. The first-order chi connectivity index (χ1) is 20.1. The number of nitrogens with zero attached hydrogens (tertiary/aromatic N) is 2. The van der Waals surface area contributed by atoms with Crippen LogP contribution in [0.15, 0.2) is 36.8 Å². The van der Waals surface area contributed by atoms with Crippen LogP contribution in [-0.2, 0) is 20.7 Å². The van der Waals surface area contributed by atoms with Gasteiger partial charge in [-0.2, -0.15) is 0 Å². The molecule has 5 rings (SSSR count). The van der Waals surface area contributed by atoms with Gasteiger partial charge in [-0.1, -0.05) is 24.6 Å². The number of benzene rings is 1. The SMILES string of the molecule is CC[C@H]1C[C@@H](Nc2ncncc2C(=O)c2cc([C@@H]3OCCc4ccc(Cl)cc43)c(C)s2)C[C@@H]1OC(=O)[C@H](C)NB(C)O. The van der Waals surface area contributed by atoms with Crippen LogP contribution in [0.25, 0.3) is 0 Å². The molecule has 0 unspecified atom stereocenters. The first kappa shape index (κ1) is 30.6. The number of thiophene rings is 1. The number of hydrogen-bond acceptors (Lipinski definition) is 10. The normalized spacial score (nSPS) is 22.3. The summed E-state index contributed by atoms with van der Waals surface area (Å²) >= 11 is 7.74. The maximum atomic E-state index is 13.8. The lowest BCUT2D eigenvalue weighted by Crippen LogP contribution is -2.44. The Hall–Kier alpha value is -2.83. The Balaban J connectivity index is 1.32. The first-order valence-electron chi connectivity index (χ1n) is 14.4. The molecule has 1 aliphatic heterocycles. The van der Waals surface area contributed by atoms with Crippen molar-refractivity contribution in [1.82, 2.24) is 15.2 Å². The molecule has 3 aromatic rings. The Kier molecular flexibility index (Phi) is 9.64. The maximum absolute atomic E-state index is 13.8. The molecule has 9 nitrogen and oxygen atoms in total. The molecule has 12 heteroatoms. The summed E-state index contributed by atoms with van der Waals surface area (Å²) in [7, 11) is -0.811. The van der Waals surface area contributed by atoms with Gasteiger partial charge in [-0.25, -0.2) is 9.97 Å². The molecular formula is C30H36BClN4O5S. The van der Waals surface area contributed by atoms with E-state index in [4.69, 9.17) is 21.1 Å². The monoisotopic (exact) mass is 610 g/mol. The second-order valence-electron chi connectivity index (χ2n) is 11.1. The van der Waals surface area contributed by atoms with Crippen LogP contribution >= 0.6 is 22.9 Å². The lowest BCUT2D eigenvalue weighted by Gasteiger charge is -2.26. The van der Waals surface area contributed by atoms with Crippen LogP contribution in [0.5, 0.6) is 0 Å². The standard InChI is InChI=1S/C30H36BClN4O5S/c1-5-18-10-21(12-25(18)41-30(38)16(2)36-31(4)39)35-29-24(14-33-15-34-29)27(37)26-13-22(17(3)42-26)28-23-11-20(32)7-6-19(23)8-9-40-28/h6-7,11,13-16,18,21,25,28,36,39H,5,8-10,12H2,1-4H3,(H,33,34,35)/t16-,18-,21+,25-,28-/m0/s1. The first-order valence-corrected chi connectivity index (χ1v) is 15.6. The molecule has 3 heterocycles. The molecule has 0 bridgehead atoms. The summed E-state index contributed by atoms with van der Waals surface area (Å²) in [6.07, 6.45) is 5.45. The fourth-order valence-corrected chi connectivity index (χ4v) is 7.12. The summed E-state index contributed by atoms with van der Waals surface area (Å²) in [5.74, 6) is 0.0735. The van der Waals surface area contributed by atoms with Crippen molar-refractivity contribution in [1.29, 1.82) is 0 Å². The Morgan fingerprint density at radius 3 is 2.86 bits per heavy atom. The van der Waals surface area contributed by atoms with E-state index in [1.165, 1.54) is 23.2 Å². The third-order valence-corrected chi connectivity index (χ3v) is 9.37. The Labute approximate surface area is 255 Å². The van der Waals surface area contributed by atoms with E-state index in [-0.39, 0.29) is 30.0 Å². The maximum Gasteiger partial charge on any atom is 0.374 e. The van der Waals surface area contributed by atoms with Crippen LogP contribution in [0.4, 0.5) is 5.82 Å². The minimum Gasteiger partial charge on any atom is -0.461 e. The van der Waals surface area contributed by atoms with Crippen molar-refractivity contribution in [3.63, 3.8) is 0 Å². The van der Waals surface area contributed by atoms with Crippen molar-refractivity contribution >= 4 is 47.6 Å². The molecule has 3 N–H and O–H groups in total. The number of aromatic nitrogens is 2. The van der Waals surface area contributed by atoms with E-state index in [9.17, 15) is 14.6 Å². The molecule has 0 amide bonds. The minimum atomic E-state index is -0.811. The average molecular weight is 611 g/mol. The van der Waals surface area contributed by atoms with Crippen LogP contribution in [0.1, 0.15) is 76.0 Å². The van der Waals surface area contributed by atoms with E-state index in [1.807, 2.05) is 31.2 Å². The summed E-state index contributed by atoms with van der Waals surface area (Å²) in [4.78, 5) is 36.6. The number of esters is 1. The van der Waals surface area contributed by atoms with Gasteiger partial charge in [0.2, 0.25) is 5.78 Å². The number of hydrogen-bond donors (Lipinski definition) is 3. The molecule has 0 saturated heterocycles. The molecule has 42 heavy (non-hydrogen) atoms. The summed E-state index contributed by atoms with van der Waals surface area (Å²) in [6.45, 7) is 7.91. The molecule has 0 radical (unpaired) electrons. The number of fused-ring (bicyclic) bond motifs is 1. The Morgan fingerprint density at radius 2 is 2.10 bits per heavy atom. The number of carbonyl (C=O) groups is 2. The van der Waals surface area contributed by atoms with Crippen LogP contribution in [0, 0.1) is 12.8 Å². The van der Waals surface area contributed by atoms with Gasteiger partial charge in [0, 0.05) is 28.6 Å². The number of anilines is 1. The van der Waals surface area contributed by atoms with Crippen molar-refractivity contribution in [2.24, 2.45) is 5.92 Å². The summed E-state index contributed by atoms with van der Waals surface area (Å²) in [5, 5.41) is 16.4. The lowest BCUT2D eigenvalue weighted by atomic mass is 9.87. The van der Waals surface area contributed by atoms with Crippen LogP contribution in [-0.4, -0.2) is 58.6 Å². The van der Waals surface area contributed by atoms with Gasteiger partial charge >= 0.3 is 13.0 Å². The van der Waals surface area contributed by atoms with Crippen LogP contribution in [0.3, 0.4) is 0 Å². The van der Waals surface area contributed by atoms with Gasteiger partial charge < -0.3 is 25.0 Å². The highest BCUT2D eigenvalue weighted by molar-refractivity contribution is 7.14. The zero-order valence-electron chi connectivity index (χ0n) is 24.2. The Bertz CT molecular complexity index is 1450. The van der Waals surface area contributed by atoms with Gasteiger partial charge in [0.1, 0.15) is 24.4 Å². The van der Waals surface area contributed by atoms with Gasteiger partial charge in [0.15, 0.2) is 0 Å². The van der Waals surface area contributed by atoms with Gasteiger partial charge in [-0.15, -0.1) is 11.3 Å². The molecule has 0 spiro atoms. The van der Waals surface area contributed by atoms with Crippen molar-refractivity contribution in [2.45, 2.75) is 77.6 Å². The van der Waals surface area contributed by atoms with Gasteiger partial charge in [-0.3, -0.25) is 9.59 Å². The molecular weight excluding hydrogens is 575 g/mol. The quantitative estimate of drug-likeness (QED) is 0.165. The van der Waals surface area contributed by atoms with E-state index in [0.29, 0.717) is 34.3 Å². The number of halogens is 1. The number of aryl methyl sites for hydroxylation is 1. The van der Waals surface area contributed by atoms with Gasteiger partial charge in [-0.05, 0) is 80.7 Å². The van der Waals surface area contributed by atoms with E-state index in [0.717, 1.165) is 35.3 Å². The molecule has 1 saturated carbocycles. The number of nitrogens with one attached hydrogen (secondary N) is 2. The molecule has 1 fully saturated rings.